The van der Waals surface area contributed by atoms with E-state index in [0.29, 0.717) is 30.5 Å². The zero-order chi connectivity index (χ0) is 17.7. The fraction of sp³-hybridized carbons (Fsp3) is 0.500. The summed E-state index contributed by atoms with van der Waals surface area (Å²) in [6.45, 7) is 1.48. The van der Waals surface area contributed by atoms with Crippen molar-refractivity contribution in [1.82, 2.24) is 15.0 Å². The molecule has 1 fully saturated rings. The van der Waals surface area contributed by atoms with Crippen LogP contribution in [0.4, 0.5) is 11.8 Å². The minimum Gasteiger partial charge on any atom is -0.394 e. The van der Waals surface area contributed by atoms with Crippen molar-refractivity contribution in [2.45, 2.75) is 49.2 Å². The molecule has 5 rings (SSSR count). The van der Waals surface area contributed by atoms with Crippen LogP contribution >= 0.6 is 0 Å². The lowest BCUT2D eigenvalue weighted by atomic mass is 9.77. The molecule has 3 aliphatic rings. The number of aliphatic hydroxyl groups is 1. The Morgan fingerprint density at radius 1 is 1.27 bits per heavy atom. The second-order valence-corrected chi connectivity index (χ2v) is 8.84. The van der Waals surface area contributed by atoms with E-state index in [1.165, 1.54) is 5.56 Å². The fourth-order valence-corrected chi connectivity index (χ4v) is 5.23. The van der Waals surface area contributed by atoms with Gasteiger partial charge in [0.1, 0.15) is 10.7 Å². The molecular formula is C18H21N5O2S. The van der Waals surface area contributed by atoms with E-state index in [4.69, 9.17) is 9.97 Å². The SMILES string of the molecule is O=S1CCc2nc(N3Cc4cccnc4C3)nc(NC3(CO)CCC3)c21. The predicted molar refractivity (Wildman–Crippen MR) is 98.4 cm³/mol. The Labute approximate surface area is 154 Å². The molecule has 4 heterocycles. The molecule has 2 aliphatic heterocycles. The Balaban J connectivity index is 1.52. The molecule has 8 heteroatoms. The van der Waals surface area contributed by atoms with Gasteiger partial charge in [-0.1, -0.05) is 6.07 Å². The van der Waals surface area contributed by atoms with Gasteiger partial charge in [0, 0.05) is 24.9 Å². The van der Waals surface area contributed by atoms with E-state index in [9.17, 15) is 9.32 Å². The van der Waals surface area contributed by atoms with Crippen LogP contribution in [-0.2, 0) is 30.3 Å². The van der Waals surface area contributed by atoms with Gasteiger partial charge in [-0.3, -0.25) is 9.19 Å². The molecule has 2 N–H and O–H groups in total. The number of aryl methyl sites for hydroxylation is 1. The van der Waals surface area contributed by atoms with Gasteiger partial charge in [0.05, 0.1) is 40.9 Å². The summed E-state index contributed by atoms with van der Waals surface area (Å²) in [7, 11) is -1.07. The van der Waals surface area contributed by atoms with Gasteiger partial charge in [0.25, 0.3) is 0 Å². The highest BCUT2D eigenvalue weighted by Gasteiger charge is 2.39. The summed E-state index contributed by atoms with van der Waals surface area (Å²) in [6, 6.07) is 4.03. The first kappa shape index (κ1) is 16.1. The summed E-state index contributed by atoms with van der Waals surface area (Å²) in [5, 5.41) is 13.2. The lowest BCUT2D eigenvalue weighted by molar-refractivity contribution is 0.143. The Morgan fingerprint density at radius 3 is 2.88 bits per heavy atom. The second kappa shape index (κ2) is 5.99. The van der Waals surface area contributed by atoms with Gasteiger partial charge in [-0.15, -0.1) is 0 Å². The highest BCUT2D eigenvalue weighted by atomic mass is 32.2. The summed E-state index contributed by atoms with van der Waals surface area (Å²) in [5.41, 5.74) is 2.79. The topological polar surface area (TPSA) is 91.2 Å². The Kier molecular flexibility index (Phi) is 3.72. The van der Waals surface area contributed by atoms with Crippen LogP contribution in [0.15, 0.2) is 23.2 Å². The van der Waals surface area contributed by atoms with Gasteiger partial charge < -0.3 is 15.3 Å². The molecule has 7 nitrogen and oxygen atoms in total. The first-order valence-electron chi connectivity index (χ1n) is 9.03. The van der Waals surface area contributed by atoms with Gasteiger partial charge in [-0.2, -0.15) is 4.98 Å². The quantitative estimate of drug-likeness (QED) is 0.839. The zero-order valence-electron chi connectivity index (χ0n) is 14.4. The molecule has 0 radical (unpaired) electrons. The molecule has 0 amide bonds. The summed E-state index contributed by atoms with van der Waals surface area (Å²) < 4.78 is 12.5. The number of hydrogen-bond donors (Lipinski definition) is 2. The van der Waals surface area contributed by atoms with Crippen molar-refractivity contribution in [1.29, 1.82) is 0 Å². The average Bonchev–Trinajstić information content (AvgIpc) is 3.22. The number of fused-ring (bicyclic) bond motifs is 2. The highest BCUT2D eigenvalue weighted by molar-refractivity contribution is 7.85. The minimum atomic E-state index is -1.07. The largest absolute Gasteiger partial charge is 0.394 e. The van der Waals surface area contributed by atoms with Crippen molar-refractivity contribution in [2.24, 2.45) is 0 Å². The number of aromatic nitrogens is 3. The van der Waals surface area contributed by atoms with E-state index in [-0.39, 0.29) is 12.1 Å². The van der Waals surface area contributed by atoms with Crippen LogP contribution in [0, 0.1) is 0 Å². The normalized spacial score (nSPS) is 22.7. The monoisotopic (exact) mass is 371 g/mol. The number of rotatable bonds is 4. The predicted octanol–water partition coefficient (Wildman–Crippen LogP) is 1.38. The fourth-order valence-electron chi connectivity index (χ4n) is 3.93. The smallest absolute Gasteiger partial charge is 0.228 e. The minimum absolute atomic E-state index is 0.0623. The standard InChI is InChI=1S/C18H21N5O2S/c24-11-18(5-2-6-18)22-16-15-13(4-8-26(15)25)20-17(21-16)23-9-12-3-1-7-19-14(12)10-23/h1,3,7,24H,2,4-6,8-11H2,(H,20,21,22). The first-order chi connectivity index (χ1) is 12.7. The molecular weight excluding hydrogens is 350 g/mol. The van der Waals surface area contributed by atoms with Crippen LogP contribution in [-0.4, -0.2) is 42.2 Å². The first-order valence-corrected chi connectivity index (χ1v) is 10.4. The van der Waals surface area contributed by atoms with E-state index in [2.05, 4.69) is 21.3 Å². The lowest BCUT2D eigenvalue weighted by Gasteiger charge is -2.41. The molecule has 2 aromatic rings. The molecule has 1 saturated carbocycles. The van der Waals surface area contributed by atoms with Crippen molar-refractivity contribution < 1.29 is 9.32 Å². The molecule has 0 spiro atoms. The molecule has 1 aliphatic carbocycles. The molecule has 26 heavy (non-hydrogen) atoms. The maximum atomic E-state index is 12.5. The molecule has 1 unspecified atom stereocenters. The highest BCUT2D eigenvalue weighted by Crippen LogP contribution is 2.38. The number of hydrogen-bond acceptors (Lipinski definition) is 7. The maximum absolute atomic E-state index is 12.5. The number of pyridine rings is 1. The maximum Gasteiger partial charge on any atom is 0.228 e. The Hall–Kier alpha value is -2.06. The van der Waals surface area contributed by atoms with Crippen LogP contribution in [0.2, 0.25) is 0 Å². The molecule has 1 atom stereocenters. The summed E-state index contributed by atoms with van der Waals surface area (Å²) in [5.74, 6) is 1.88. The van der Waals surface area contributed by atoms with Crippen LogP contribution in [0.1, 0.15) is 36.2 Å². The number of aliphatic hydroxyl groups excluding tert-OH is 1. The Morgan fingerprint density at radius 2 is 2.15 bits per heavy atom. The van der Waals surface area contributed by atoms with Gasteiger partial charge in [-0.05, 0) is 30.9 Å². The third-order valence-corrected chi connectivity index (χ3v) is 7.10. The van der Waals surface area contributed by atoms with E-state index in [1.54, 1.807) is 0 Å². The van der Waals surface area contributed by atoms with Crippen LogP contribution in [0.5, 0.6) is 0 Å². The van der Waals surface area contributed by atoms with Gasteiger partial charge >= 0.3 is 0 Å². The summed E-state index contributed by atoms with van der Waals surface area (Å²) in [4.78, 5) is 16.7. The van der Waals surface area contributed by atoms with E-state index < -0.39 is 10.8 Å². The molecule has 0 aromatic carbocycles. The lowest BCUT2D eigenvalue weighted by Crippen LogP contribution is -2.48. The van der Waals surface area contributed by atoms with Crippen LogP contribution in [0.25, 0.3) is 0 Å². The molecule has 0 bridgehead atoms. The molecule has 136 valence electrons. The Bertz CT molecular complexity index is 869. The third kappa shape index (κ3) is 2.51. The van der Waals surface area contributed by atoms with E-state index >= 15 is 0 Å². The van der Waals surface area contributed by atoms with E-state index in [0.717, 1.165) is 42.1 Å². The number of nitrogens with zero attached hydrogens (tertiary/aromatic N) is 4. The van der Waals surface area contributed by atoms with Crippen molar-refractivity contribution in [3.8, 4) is 0 Å². The second-order valence-electron chi connectivity index (χ2n) is 7.33. The van der Waals surface area contributed by atoms with Gasteiger partial charge in [-0.25, -0.2) is 4.98 Å². The van der Waals surface area contributed by atoms with Crippen LogP contribution in [0.3, 0.4) is 0 Å². The average molecular weight is 371 g/mol. The number of anilines is 2. The van der Waals surface area contributed by atoms with Crippen LogP contribution < -0.4 is 10.2 Å². The van der Waals surface area contributed by atoms with Gasteiger partial charge in [0.15, 0.2) is 0 Å². The molecule has 0 saturated heterocycles. The summed E-state index contributed by atoms with van der Waals surface area (Å²) in [6.07, 6.45) is 5.41. The van der Waals surface area contributed by atoms with Crippen molar-refractivity contribution in [3.05, 3.63) is 35.3 Å². The third-order valence-electron chi connectivity index (χ3n) is 5.64. The number of nitrogens with one attached hydrogen (secondary N) is 1. The summed E-state index contributed by atoms with van der Waals surface area (Å²) >= 11 is 0. The van der Waals surface area contributed by atoms with Gasteiger partial charge in [0.2, 0.25) is 5.95 Å². The van der Waals surface area contributed by atoms with Crippen molar-refractivity contribution >= 4 is 22.6 Å². The van der Waals surface area contributed by atoms with Crippen molar-refractivity contribution in [3.63, 3.8) is 0 Å². The van der Waals surface area contributed by atoms with Crippen molar-refractivity contribution in [2.75, 3.05) is 22.6 Å². The molecule has 2 aromatic heterocycles. The van der Waals surface area contributed by atoms with E-state index in [1.807, 2.05) is 12.3 Å². The zero-order valence-corrected chi connectivity index (χ0v) is 15.3.